The average molecular weight is 337 g/mol. The summed E-state index contributed by atoms with van der Waals surface area (Å²) in [5, 5.41) is 9.05. The molecule has 3 N–H and O–H groups in total. The number of carbonyl (C=O) groups is 3. The summed E-state index contributed by atoms with van der Waals surface area (Å²) in [6.45, 7) is 5.17. The van der Waals surface area contributed by atoms with Gasteiger partial charge in [0.1, 0.15) is 0 Å². The highest BCUT2D eigenvalue weighted by Crippen LogP contribution is 2.28. The zero-order chi connectivity index (χ0) is 17.7. The van der Waals surface area contributed by atoms with Crippen molar-refractivity contribution in [1.82, 2.24) is 16.0 Å². The van der Waals surface area contributed by atoms with E-state index in [9.17, 15) is 14.4 Å². The smallest absolute Gasteiger partial charge is 0.223 e. The molecule has 2 fully saturated rings. The summed E-state index contributed by atoms with van der Waals surface area (Å²) in [7, 11) is 0. The summed E-state index contributed by atoms with van der Waals surface area (Å²) in [4.78, 5) is 35.5. The Bertz CT molecular complexity index is 456. The summed E-state index contributed by atoms with van der Waals surface area (Å²) in [5.41, 5.74) is 0. The van der Waals surface area contributed by atoms with Crippen LogP contribution in [0.2, 0.25) is 0 Å². The van der Waals surface area contributed by atoms with Crippen molar-refractivity contribution < 1.29 is 14.4 Å². The van der Waals surface area contributed by atoms with Crippen LogP contribution >= 0.6 is 0 Å². The molecule has 4 atom stereocenters. The number of hydrogen-bond acceptors (Lipinski definition) is 3. The van der Waals surface area contributed by atoms with Crippen molar-refractivity contribution in [1.29, 1.82) is 0 Å². The maximum atomic E-state index is 12.7. The lowest BCUT2D eigenvalue weighted by Gasteiger charge is -2.36. The molecular weight excluding hydrogens is 306 g/mol. The first-order valence-corrected chi connectivity index (χ1v) is 9.19. The fourth-order valence-corrected chi connectivity index (χ4v) is 4.17. The van der Waals surface area contributed by atoms with Gasteiger partial charge in [-0.15, -0.1) is 0 Å². The quantitative estimate of drug-likeness (QED) is 0.726. The molecule has 2 aliphatic rings. The average Bonchev–Trinajstić information content (AvgIpc) is 2.48. The molecule has 2 aliphatic carbocycles. The number of hydrogen-bond donors (Lipinski definition) is 3. The van der Waals surface area contributed by atoms with E-state index in [2.05, 4.69) is 22.9 Å². The van der Waals surface area contributed by atoms with Gasteiger partial charge in [-0.25, -0.2) is 0 Å². The lowest BCUT2D eigenvalue weighted by atomic mass is 9.80. The zero-order valence-corrected chi connectivity index (χ0v) is 15.1. The van der Waals surface area contributed by atoms with E-state index in [1.807, 2.05) is 0 Å². The van der Waals surface area contributed by atoms with Gasteiger partial charge in [-0.2, -0.15) is 0 Å². The van der Waals surface area contributed by atoms with Crippen LogP contribution in [0.4, 0.5) is 0 Å². The zero-order valence-electron chi connectivity index (χ0n) is 15.1. The molecule has 4 unspecified atom stereocenters. The van der Waals surface area contributed by atoms with Crippen molar-refractivity contribution in [3.63, 3.8) is 0 Å². The topological polar surface area (TPSA) is 87.3 Å². The normalized spacial score (nSPS) is 33.4. The molecule has 0 saturated heterocycles. The van der Waals surface area contributed by atoms with Crippen LogP contribution in [-0.2, 0) is 14.4 Å². The number of rotatable bonds is 4. The molecule has 0 aromatic heterocycles. The van der Waals surface area contributed by atoms with Gasteiger partial charge in [0, 0.05) is 37.9 Å². The second kappa shape index (κ2) is 8.49. The van der Waals surface area contributed by atoms with Gasteiger partial charge in [0.25, 0.3) is 0 Å². The van der Waals surface area contributed by atoms with Gasteiger partial charge in [-0.3, -0.25) is 14.4 Å². The fourth-order valence-electron chi connectivity index (χ4n) is 4.17. The van der Waals surface area contributed by atoms with Crippen molar-refractivity contribution in [3.05, 3.63) is 0 Å². The third kappa shape index (κ3) is 5.49. The van der Waals surface area contributed by atoms with Gasteiger partial charge in [-0.1, -0.05) is 19.8 Å². The van der Waals surface area contributed by atoms with Gasteiger partial charge >= 0.3 is 0 Å². The van der Waals surface area contributed by atoms with Crippen LogP contribution in [0, 0.1) is 11.8 Å². The van der Waals surface area contributed by atoms with Crippen molar-refractivity contribution in [2.45, 2.75) is 83.8 Å². The Hall–Kier alpha value is -1.59. The van der Waals surface area contributed by atoms with E-state index in [1.165, 1.54) is 33.1 Å². The van der Waals surface area contributed by atoms with Gasteiger partial charge in [0.2, 0.25) is 17.7 Å². The second-order valence-electron chi connectivity index (χ2n) is 7.58. The highest BCUT2D eigenvalue weighted by Gasteiger charge is 2.35. The molecule has 3 amide bonds. The van der Waals surface area contributed by atoms with E-state index in [0.717, 1.165) is 6.42 Å². The predicted octanol–water partition coefficient (Wildman–Crippen LogP) is 1.49. The van der Waals surface area contributed by atoms with Gasteiger partial charge in [0.05, 0.1) is 0 Å². The summed E-state index contributed by atoms with van der Waals surface area (Å²) in [5.74, 6) is 0.233. The summed E-state index contributed by atoms with van der Waals surface area (Å²) < 4.78 is 0. The van der Waals surface area contributed by atoms with Crippen LogP contribution in [0.1, 0.15) is 65.7 Å². The lowest BCUT2D eigenvalue weighted by Crippen LogP contribution is -2.52. The molecule has 0 aromatic rings. The van der Waals surface area contributed by atoms with E-state index >= 15 is 0 Å². The van der Waals surface area contributed by atoms with Crippen molar-refractivity contribution in [2.24, 2.45) is 11.8 Å². The van der Waals surface area contributed by atoms with Gasteiger partial charge in [0.15, 0.2) is 0 Å². The molecule has 0 heterocycles. The molecule has 136 valence electrons. The minimum Gasteiger partial charge on any atom is -0.354 e. The van der Waals surface area contributed by atoms with Crippen molar-refractivity contribution >= 4 is 17.7 Å². The Morgan fingerprint density at radius 2 is 1.33 bits per heavy atom. The minimum atomic E-state index is -0.165. The Balaban J connectivity index is 1.98. The Labute approximate surface area is 144 Å². The van der Waals surface area contributed by atoms with Crippen LogP contribution in [0.5, 0.6) is 0 Å². The second-order valence-corrected chi connectivity index (χ2v) is 7.58. The SMILES string of the molecule is CC(=O)NC1CC(NC(C)=O)CC(C(=O)NC2CCCCC2C)C1. The molecular formula is C18H31N3O3. The molecule has 24 heavy (non-hydrogen) atoms. The van der Waals surface area contributed by atoms with E-state index in [4.69, 9.17) is 0 Å². The Morgan fingerprint density at radius 1 is 0.792 bits per heavy atom. The standard InChI is InChI=1S/C18H31N3O3/c1-11-6-4-5-7-17(11)21-18(24)14-8-15(19-12(2)22)10-16(9-14)20-13(3)23/h11,14-17H,4-10H2,1-3H3,(H,19,22)(H,20,23)(H,21,24). The fraction of sp³-hybridized carbons (Fsp3) is 0.833. The molecule has 0 radical (unpaired) electrons. The highest BCUT2D eigenvalue weighted by molar-refractivity contribution is 5.80. The molecule has 0 bridgehead atoms. The molecule has 0 spiro atoms. The number of carbonyl (C=O) groups excluding carboxylic acids is 3. The van der Waals surface area contributed by atoms with Crippen molar-refractivity contribution in [3.8, 4) is 0 Å². The minimum absolute atomic E-state index is 0.0624. The monoisotopic (exact) mass is 337 g/mol. The number of amides is 3. The van der Waals surface area contributed by atoms with Crippen LogP contribution in [0.3, 0.4) is 0 Å². The first-order valence-electron chi connectivity index (χ1n) is 9.19. The Morgan fingerprint density at radius 3 is 1.83 bits per heavy atom. The lowest BCUT2D eigenvalue weighted by molar-refractivity contribution is -0.129. The van der Waals surface area contributed by atoms with E-state index < -0.39 is 0 Å². The first-order chi connectivity index (χ1) is 11.3. The first kappa shape index (κ1) is 18.7. The number of nitrogens with one attached hydrogen (secondary N) is 3. The molecule has 0 aliphatic heterocycles. The van der Waals surface area contributed by atoms with Crippen molar-refractivity contribution in [2.75, 3.05) is 0 Å². The van der Waals surface area contributed by atoms with Crippen LogP contribution < -0.4 is 16.0 Å². The van der Waals surface area contributed by atoms with Crippen LogP contribution in [-0.4, -0.2) is 35.8 Å². The molecule has 0 aromatic carbocycles. The summed E-state index contributed by atoms with van der Waals surface area (Å²) in [6, 6.07) is 0.131. The molecule has 2 saturated carbocycles. The van der Waals surface area contributed by atoms with E-state index in [-0.39, 0.29) is 41.8 Å². The Kier molecular flexibility index (Phi) is 6.63. The molecule has 2 rings (SSSR count). The van der Waals surface area contributed by atoms with Gasteiger partial charge in [-0.05, 0) is 38.0 Å². The van der Waals surface area contributed by atoms with Crippen LogP contribution in [0.15, 0.2) is 0 Å². The maximum absolute atomic E-state index is 12.7. The largest absolute Gasteiger partial charge is 0.354 e. The van der Waals surface area contributed by atoms with Gasteiger partial charge < -0.3 is 16.0 Å². The molecule has 6 heteroatoms. The van der Waals surface area contributed by atoms with E-state index in [0.29, 0.717) is 25.2 Å². The summed E-state index contributed by atoms with van der Waals surface area (Å²) in [6.07, 6.45) is 6.59. The molecule has 6 nitrogen and oxygen atoms in total. The van der Waals surface area contributed by atoms with Crippen LogP contribution in [0.25, 0.3) is 0 Å². The third-order valence-electron chi connectivity index (χ3n) is 5.33. The maximum Gasteiger partial charge on any atom is 0.223 e. The van der Waals surface area contributed by atoms with E-state index in [1.54, 1.807) is 0 Å². The third-order valence-corrected chi connectivity index (χ3v) is 5.33. The predicted molar refractivity (Wildman–Crippen MR) is 92.1 cm³/mol. The summed E-state index contributed by atoms with van der Waals surface area (Å²) >= 11 is 0. The highest BCUT2D eigenvalue weighted by atomic mass is 16.2.